The van der Waals surface area contributed by atoms with Crippen LogP contribution in [-0.4, -0.2) is 43.5 Å². The highest BCUT2D eigenvalue weighted by atomic mass is 16.5. The fraction of sp³-hybridized carbons (Fsp3) is 0.320. The number of rotatable bonds is 7. The molecule has 2 amide bonds. The molecule has 3 rings (SSSR count). The summed E-state index contributed by atoms with van der Waals surface area (Å²) in [4.78, 5) is 26.5. The van der Waals surface area contributed by atoms with Gasteiger partial charge in [0.1, 0.15) is 11.6 Å². The number of aryl methyl sites for hydroxylation is 2. The maximum atomic E-state index is 12.5. The normalized spacial score (nSPS) is 13.4. The van der Waals surface area contributed by atoms with E-state index in [1.807, 2.05) is 38.1 Å². The molecule has 0 aliphatic carbocycles. The fourth-order valence-electron chi connectivity index (χ4n) is 3.45. The second kappa shape index (κ2) is 10.5. The van der Waals surface area contributed by atoms with Crippen LogP contribution in [0, 0.1) is 25.2 Å². The second-order valence-corrected chi connectivity index (χ2v) is 7.72. The van der Waals surface area contributed by atoms with E-state index in [-0.39, 0.29) is 24.0 Å². The SMILES string of the molecule is COc1cc(/C=C(\C#N)C(=O)N2CCCC2)ccc1OCC(=O)Nc1ccc(C)c(C)c1. The van der Waals surface area contributed by atoms with Gasteiger partial charge in [-0.25, -0.2) is 0 Å². The Morgan fingerprint density at radius 2 is 1.84 bits per heavy atom. The molecular formula is C25H27N3O4. The number of methoxy groups -OCH3 is 1. The number of benzene rings is 2. The van der Waals surface area contributed by atoms with Gasteiger partial charge in [-0.15, -0.1) is 0 Å². The van der Waals surface area contributed by atoms with Gasteiger partial charge in [0.15, 0.2) is 18.1 Å². The van der Waals surface area contributed by atoms with E-state index in [1.165, 1.54) is 7.11 Å². The smallest absolute Gasteiger partial charge is 0.264 e. The van der Waals surface area contributed by atoms with Gasteiger partial charge in [-0.2, -0.15) is 5.26 Å². The van der Waals surface area contributed by atoms with Crippen molar-refractivity contribution in [3.05, 3.63) is 58.7 Å². The maximum absolute atomic E-state index is 12.5. The Kier molecular flexibility index (Phi) is 7.50. The average Bonchev–Trinajstić information content (AvgIpc) is 3.33. The van der Waals surface area contributed by atoms with Crippen molar-refractivity contribution in [2.24, 2.45) is 0 Å². The third-order valence-electron chi connectivity index (χ3n) is 5.39. The van der Waals surface area contributed by atoms with E-state index in [9.17, 15) is 14.9 Å². The highest BCUT2D eigenvalue weighted by Gasteiger charge is 2.21. The Balaban J connectivity index is 1.66. The van der Waals surface area contributed by atoms with Crippen LogP contribution < -0.4 is 14.8 Å². The van der Waals surface area contributed by atoms with Crippen LogP contribution in [0.2, 0.25) is 0 Å². The van der Waals surface area contributed by atoms with E-state index in [0.717, 1.165) is 24.0 Å². The number of hydrogen-bond acceptors (Lipinski definition) is 5. The molecule has 1 fully saturated rings. The van der Waals surface area contributed by atoms with E-state index in [0.29, 0.717) is 35.8 Å². The first-order chi connectivity index (χ1) is 15.4. The van der Waals surface area contributed by atoms with Gasteiger partial charge in [-0.05, 0) is 73.7 Å². The zero-order valence-electron chi connectivity index (χ0n) is 18.6. The maximum Gasteiger partial charge on any atom is 0.264 e. The summed E-state index contributed by atoms with van der Waals surface area (Å²) in [5.74, 6) is 0.252. The van der Waals surface area contributed by atoms with Crippen molar-refractivity contribution in [3.63, 3.8) is 0 Å². The molecule has 7 heteroatoms. The van der Waals surface area contributed by atoms with Crippen LogP contribution in [-0.2, 0) is 9.59 Å². The molecule has 0 spiro atoms. The van der Waals surface area contributed by atoms with E-state index in [1.54, 1.807) is 29.2 Å². The van der Waals surface area contributed by atoms with Crippen molar-refractivity contribution in [1.82, 2.24) is 4.90 Å². The lowest BCUT2D eigenvalue weighted by molar-refractivity contribution is -0.125. The molecular weight excluding hydrogens is 406 g/mol. The van der Waals surface area contributed by atoms with Crippen molar-refractivity contribution in [2.45, 2.75) is 26.7 Å². The number of anilines is 1. The third-order valence-corrected chi connectivity index (χ3v) is 5.39. The standard InChI is InChI=1S/C25H27N3O4/c1-17-6-8-21(12-18(17)2)27-24(29)16-32-22-9-7-19(14-23(22)31-3)13-20(15-26)25(30)28-10-4-5-11-28/h6-9,12-14H,4-5,10-11,16H2,1-3H3,(H,27,29)/b20-13+. The number of carbonyl (C=O) groups excluding carboxylic acids is 2. The van der Waals surface area contributed by atoms with Crippen molar-refractivity contribution >= 4 is 23.6 Å². The van der Waals surface area contributed by atoms with Gasteiger partial charge in [0.05, 0.1) is 7.11 Å². The molecule has 166 valence electrons. The molecule has 0 unspecified atom stereocenters. The van der Waals surface area contributed by atoms with Gasteiger partial charge in [-0.1, -0.05) is 12.1 Å². The number of carbonyl (C=O) groups is 2. The van der Waals surface area contributed by atoms with Crippen LogP contribution in [0.25, 0.3) is 6.08 Å². The van der Waals surface area contributed by atoms with Crippen LogP contribution in [0.3, 0.4) is 0 Å². The summed E-state index contributed by atoms with van der Waals surface area (Å²) in [5, 5.41) is 12.2. The van der Waals surface area contributed by atoms with Crippen LogP contribution in [0.5, 0.6) is 11.5 Å². The molecule has 32 heavy (non-hydrogen) atoms. The number of hydrogen-bond donors (Lipinski definition) is 1. The monoisotopic (exact) mass is 433 g/mol. The third kappa shape index (κ3) is 5.67. The molecule has 1 aliphatic heterocycles. The Hall–Kier alpha value is -3.79. The predicted molar refractivity (Wildman–Crippen MR) is 122 cm³/mol. The molecule has 2 aromatic rings. The van der Waals surface area contributed by atoms with E-state index < -0.39 is 0 Å². The number of nitrogens with one attached hydrogen (secondary N) is 1. The lowest BCUT2D eigenvalue weighted by atomic mass is 10.1. The van der Waals surface area contributed by atoms with Gasteiger partial charge in [0, 0.05) is 18.8 Å². The number of nitrogens with zero attached hydrogens (tertiary/aromatic N) is 2. The van der Waals surface area contributed by atoms with Crippen LogP contribution in [0.1, 0.15) is 29.5 Å². The summed E-state index contributed by atoms with van der Waals surface area (Å²) in [7, 11) is 1.49. The van der Waals surface area contributed by atoms with Crippen molar-refractivity contribution in [1.29, 1.82) is 5.26 Å². The van der Waals surface area contributed by atoms with Crippen LogP contribution >= 0.6 is 0 Å². The van der Waals surface area contributed by atoms with Crippen LogP contribution in [0.15, 0.2) is 42.0 Å². The van der Waals surface area contributed by atoms with E-state index >= 15 is 0 Å². The molecule has 1 saturated heterocycles. The Morgan fingerprint density at radius 3 is 2.50 bits per heavy atom. The largest absolute Gasteiger partial charge is 0.493 e. The molecule has 0 bridgehead atoms. The van der Waals surface area contributed by atoms with E-state index in [4.69, 9.17) is 9.47 Å². The minimum absolute atomic E-state index is 0.0791. The Labute approximate surface area is 188 Å². The topological polar surface area (TPSA) is 91.7 Å². The summed E-state index contributed by atoms with van der Waals surface area (Å²) in [6.07, 6.45) is 3.46. The van der Waals surface area contributed by atoms with Gasteiger partial charge < -0.3 is 19.7 Å². The van der Waals surface area contributed by atoms with E-state index in [2.05, 4.69) is 5.32 Å². The lowest BCUT2D eigenvalue weighted by Crippen LogP contribution is -2.28. The molecule has 2 aromatic carbocycles. The van der Waals surface area contributed by atoms with Crippen molar-refractivity contribution in [3.8, 4) is 17.6 Å². The Morgan fingerprint density at radius 1 is 1.09 bits per heavy atom. The summed E-state index contributed by atoms with van der Waals surface area (Å²) >= 11 is 0. The first-order valence-electron chi connectivity index (χ1n) is 10.5. The summed E-state index contributed by atoms with van der Waals surface area (Å²) < 4.78 is 11.0. The molecule has 1 aliphatic rings. The molecule has 7 nitrogen and oxygen atoms in total. The molecule has 1 N–H and O–H groups in total. The first-order valence-corrected chi connectivity index (χ1v) is 10.5. The number of amides is 2. The summed E-state index contributed by atoms with van der Waals surface area (Å²) in [6.45, 7) is 5.17. The quantitative estimate of drug-likeness (QED) is 0.529. The summed E-state index contributed by atoms with van der Waals surface area (Å²) in [5.41, 5.74) is 3.67. The molecule has 0 saturated carbocycles. The lowest BCUT2D eigenvalue weighted by Gasteiger charge is -2.14. The van der Waals surface area contributed by atoms with Crippen LogP contribution in [0.4, 0.5) is 5.69 Å². The predicted octanol–water partition coefficient (Wildman–Crippen LogP) is 3.86. The van der Waals surface area contributed by atoms with Crippen molar-refractivity contribution in [2.75, 3.05) is 32.1 Å². The van der Waals surface area contributed by atoms with Crippen molar-refractivity contribution < 1.29 is 19.1 Å². The minimum Gasteiger partial charge on any atom is -0.493 e. The second-order valence-electron chi connectivity index (χ2n) is 7.72. The zero-order chi connectivity index (χ0) is 23.1. The zero-order valence-corrected chi connectivity index (χ0v) is 18.6. The number of ether oxygens (including phenoxy) is 2. The number of likely N-dealkylation sites (tertiary alicyclic amines) is 1. The molecule has 1 heterocycles. The van der Waals surface area contributed by atoms with Gasteiger partial charge >= 0.3 is 0 Å². The highest BCUT2D eigenvalue weighted by molar-refractivity contribution is 6.01. The molecule has 0 atom stereocenters. The average molecular weight is 434 g/mol. The van der Waals surface area contributed by atoms with Gasteiger partial charge in [0.25, 0.3) is 11.8 Å². The minimum atomic E-state index is -0.290. The highest BCUT2D eigenvalue weighted by Crippen LogP contribution is 2.29. The Bertz CT molecular complexity index is 1080. The summed E-state index contributed by atoms with van der Waals surface area (Å²) in [6, 6.07) is 12.7. The van der Waals surface area contributed by atoms with Gasteiger partial charge in [-0.3, -0.25) is 9.59 Å². The van der Waals surface area contributed by atoms with Gasteiger partial charge in [0.2, 0.25) is 0 Å². The number of nitriles is 1. The fourth-order valence-corrected chi connectivity index (χ4v) is 3.45. The molecule has 0 aromatic heterocycles. The first kappa shape index (κ1) is 22.9. The molecule has 0 radical (unpaired) electrons.